The van der Waals surface area contributed by atoms with Crippen LogP contribution in [0.15, 0.2) is 4.52 Å². The fourth-order valence-corrected chi connectivity index (χ4v) is 2.78. The lowest BCUT2D eigenvalue weighted by molar-refractivity contribution is -0.133. The molecule has 1 amide bonds. The molecular formula is C16H28N4O2. The first kappa shape index (κ1) is 16.9. The number of aryl methyl sites for hydroxylation is 2. The highest BCUT2D eigenvalue weighted by Gasteiger charge is 2.21. The van der Waals surface area contributed by atoms with Crippen LogP contribution in [0.3, 0.4) is 0 Å². The zero-order valence-corrected chi connectivity index (χ0v) is 14.0. The van der Waals surface area contributed by atoms with E-state index in [1.54, 1.807) is 0 Å². The van der Waals surface area contributed by atoms with E-state index in [-0.39, 0.29) is 5.91 Å². The van der Waals surface area contributed by atoms with E-state index in [1.807, 2.05) is 11.8 Å². The molecule has 0 spiro atoms. The summed E-state index contributed by atoms with van der Waals surface area (Å²) in [5.41, 5.74) is 0. The van der Waals surface area contributed by atoms with Crippen LogP contribution in [-0.2, 0) is 17.6 Å². The third-order valence-electron chi connectivity index (χ3n) is 3.96. The smallest absolute Gasteiger partial charge is 0.226 e. The molecule has 1 saturated heterocycles. The first-order valence-electron chi connectivity index (χ1n) is 8.40. The van der Waals surface area contributed by atoms with Crippen LogP contribution in [0.4, 0.5) is 0 Å². The monoisotopic (exact) mass is 308 g/mol. The maximum absolute atomic E-state index is 12.2. The second kappa shape index (κ2) is 8.27. The number of carbonyl (C=O) groups excluding carboxylic acids is 1. The highest BCUT2D eigenvalue weighted by atomic mass is 16.5. The number of rotatable bonds is 7. The average molecular weight is 308 g/mol. The van der Waals surface area contributed by atoms with Gasteiger partial charge in [-0.25, -0.2) is 0 Å². The largest absolute Gasteiger partial charge is 0.340 e. The Bertz CT molecular complexity index is 464. The van der Waals surface area contributed by atoms with Crippen molar-refractivity contribution in [3.8, 4) is 0 Å². The van der Waals surface area contributed by atoms with Crippen molar-refractivity contribution >= 4 is 5.91 Å². The lowest BCUT2D eigenvalue weighted by Crippen LogP contribution is -2.49. The second-order valence-electron chi connectivity index (χ2n) is 6.39. The highest BCUT2D eigenvalue weighted by Crippen LogP contribution is 2.09. The van der Waals surface area contributed by atoms with Crippen molar-refractivity contribution in [2.45, 2.75) is 46.5 Å². The number of nitrogens with zero attached hydrogens (tertiary/aromatic N) is 4. The van der Waals surface area contributed by atoms with Crippen LogP contribution in [0.1, 0.15) is 45.3 Å². The quantitative estimate of drug-likeness (QED) is 0.768. The van der Waals surface area contributed by atoms with Crippen LogP contribution < -0.4 is 0 Å². The van der Waals surface area contributed by atoms with E-state index in [1.165, 1.54) is 0 Å². The molecule has 0 unspecified atom stereocenters. The van der Waals surface area contributed by atoms with Gasteiger partial charge >= 0.3 is 0 Å². The van der Waals surface area contributed by atoms with E-state index >= 15 is 0 Å². The number of hydrogen-bond acceptors (Lipinski definition) is 5. The van der Waals surface area contributed by atoms with Gasteiger partial charge in [0, 0.05) is 52.0 Å². The van der Waals surface area contributed by atoms with Gasteiger partial charge in [0.1, 0.15) is 0 Å². The molecule has 0 saturated carbocycles. The number of aromatic nitrogens is 2. The molecule has 1 aromatic heterocycles. The lowest BCUT2D eigenvalue weighted by atomic mass is 10.1. The Kier molecular flexibility index (Phi) is 6.36. The molecule has 124 valence electrons. The van der Waals surface area contributed by atoms with Crippen LogP contribution in [-0.4, -0.2) is 58.6 Å². The maximum Gasteiger partial charge on any atom is 0.226 e. The van der Waals surface area contributed by atoms with Crippen molar-refractivity contribution in [2.75, 3.05) is 32.7 Å². The van der Waals surface area contributed by atoms with Crippen LogP contribution in [0.25, 0.3) is 0 Å². The summed E-state index contributed by atoms with van der Waals surface area (Å²) in [6, 6.07) is 0. The van der Waals surface area contributed by atoms with E-state index in [4.69, 9.17) is 4.52 Å². The third-order valence-corrected chi connectivity index (χ3v) is 3.96. The summed E-state index contributed by atoms with van der Waals surface area (Å²) in [4.78, 5) is 20.9. The fraction of sp³-hybridized carbons (Fsp3) is 0.812. The molecule has 1 aliphatic heterocycles. The van der Waals surface area contributed by atoms with Gasteiger partial charge in [0.25, 0.3) is 0 Å². The van der Waals surface area contributed by atoms with E-state index in [0.717, 1.165) is 51.4 Å². The minimum Gasteiger partial charge on any atom is -0.340 e. The average Bonchev–Trinajstić information content (AvgIpc) is 2.95. The summed E-state index contributed by atoms with van der Waals surface area (Å²) in [6.07, 6.45) is 2.81. The van der Waals surface area contributed by atoms with Crippen molar-refractivity contribution < 1.29 is 9.32 Å². The normalized spacial score (nSPS) is 16.5. The van der Waals surface area contributed by atoms with Gasteiger partial charge in [0.2, 0.25) is 11.8 Å². The van der Waals surface area contributed by atoms with E-state index < -0.39 is 0 Å². The minimum absolute atomic E-state index is 0.249. The molecule has 1 fully saturated rings. The molecule has 6 heteroatoms. The van der Waals surface area contributed by atoms with E-state index in [9.17, 15) is 4.79 Å². The topological polar surface area (TPSA) is 62.5 Å². The molecule has 0 aromatic carbocycles. The maximum atomic E-state index is 12.2. The Morgan fingerprint density at radius 3 is 2.59 bits per heavy atom. The third kappa shape index (κ3) is 5.09. The second-order valence-corrected chi connectivity index (χ2v) is 6.39. The van der Waals surface area contributed by atoms with Crippen molar-refractivity contribution in [1.82, 2.24) is 19.9 Å². The van der Waals surface area contributed by atoms with Crippen molar-refractivity contribution in [3.63, 3.8) is 0 Å². The van der Waals surface area contributed by atoms with Gasteiger partial charge in [0.05, 0.1) is 0 Å². The minimum atomic E-state index is 0.249. The number of hydrogen-bond donors (Lipinski definition) is 0. The van der Waals surface area contributed by atoms with Crippen LogP contribution in [0.5, 0.6) is 0 Å². The summed E-state index contributed by atoms with van der Waals surface area (Å²) < 4.78 is 5.14. The van der Waals surface area contributed by atoms with Gasteiger partial charge in [-0.3, -0.25) is 9.69 Å². The first-order valence-corrected chi connectivity index (χ1v) is 8.40. The molecule has 2 rings (SSSR count). The summed E-state index contributed by atoms with van der Waals surface area (Å²) in [5, 5.41) is 3.87. The summed E-state index contributed by atoms with van der Waals surface area (Å²) in [5.74, 6) is 2.32. The van der Waals surface area contributed by atoms with Gasteiger partial charge in [-0.05, 0) is 12.3 Å². The summed E-state index contributed by atoms with van der Waals surface area (Å²) in [6.45, 7) is 11.3. The molecule has 0 bridgehead atoms. The number of piperazine rings is 1. The zero-order valence-electron chi connectivity index (χ0n) is 14.0. The molecule has 0 aliphatic carbocycles. The van der Waals surface area contributed by atoms with Gasteiger partial charge in [-0.2, -0.15) is 4.98 Å². The Morgan fingerprint density at radius 1 is 1.27 bits per heavy atom. The van der Waals surface area contributed by atoms with Crippen LogP contribution >= 0.6 is 0 Å². The van der Waals surface area contributed by atoms with E-state index in [2.05, 4.69) is 28.9 Å². The van der Waals surface area contributed by atoms with E-state index in [0.29, 0.717) is 24.7 Å². The Labute approximate surface area is 132 Å². The van der Waals surface area contributed by atoms with Crippen molar-refractivity contribution in [3.05, 3.63) is 11.7 Å². The van der Waals surface area contributed by atoms with Crippen molar-refractivity contribution in [2.24, 2.45) is 5.92 Å². The lowest BCUT2D eigenvalue weighted by Gasteiger charge is -2.35. The van der Waals surface area contributed by atoms with Crippen LogP contribution in [0, 0.1) is 5.92 Å². The molecule has 0 N–H and O–H groups in total. The zero-order chi connectivity index (χ0) is 15.9. The molecular weight excluding hydrogens is 280 g/mol. The molecule has 2 heterocycles. The molecule has 22 heavy (non-hydrogen) atoms. The van der Waals surface area contributed by atoms with Gasteiger partial charge < -0.3 is 9.42 Å². The molecule has 1 aromatic rings. The predicted octanol–water partition coefficient (Wildman–Crippen LogP) is 1.75. The molecule has 0 atom stereocenters. The van der Waals surface area contributed by atoms with Gasteiger partial charge in [-0.1, -0.05) is 25.9 Å². The standard InChI is InChI=1S/C16H28N4O2/c1-4-14-17-15(22-18-14)6-5-7-16(21)20-10-8-19(9-11-20)12-13(2)3/h13H,4-12H2,1-3H3. The Morgan fingerprint density at radius 2 is 2.00 bits per heavy atom. The fourth-order valence-electron chi connectivity index (χ4n) is 2.78. The predicted molar refractivity (Wildman–Crippen MR) is 84.5 cm³/mol. The Balaban J connectivity index is 1.65. The molecule has 0 radical (unpaired) electrons. The SMILES string of the molecule is CCc1noc(CCCC(=O)N2CCN(CC(C)C)CC2)n1. The molecule has 1 aliphatic rings. The molecule has 6 nitrogen and oxygen atoms in total. The highest BCUT2D eigenvalue weighted by molar-refractivity contribution is 5.76. The number of amides is 1. The summed E-state index contributed by atoms with van der Waals surface area (Å²) in [7, 11) is 0. The van der Waals surface area contributed by atoms with Crippen LogP contribution in [0.2, 0.25) is 0 Å². The number of carbonyl (C=O) groups is 1. The Hall–Kier alpha value is -1.43. The van der Waals surface area contributed by atoms with Gasteiger partial charge in [0.15, 0.2) is 5.82 Å². The van der Waals surface area contributed by atoms with Gasteiger partial charge in [-0.15, -0.1) is 0 Å². The summed E-state index contributed by atoms with van der Waals surface area (Å²) >= 11 is 0. The first-order chi connectivity index (χ1) is 10.6. The van der Waals surface area contributed by atoms with Crippen molar-refractivity contribution in [1.29, 1.82) is 0 Å².